The van der Waals surface area contributed by atoms with E-state index in [4.69, 9.17) is 0 Å². The van der Waals surface area contributed by atoms with Crippen LogP contribution >= 0.6 is 0 Å². The monoisotopic (exact) mass is 321 g/mol. The van der Waals surface area contributed by atoms with Crippen molar-refractivity contribution in [2.45, 2.75) is 12.4 Å². The van der Waals surface area contributed by atoms with E-state index >= 15 is 0 Å². The molecule has 0 bridgehead atoms. The van der Waals surface area contributed by atoms with Gasteiger partial charge in [0, 0.05) is 11.6 Å². The number of alkyl halides is 6. The molecule has 2 rings (SSSR count). The molecule has 0 aliphatic carbocycles. The SMILES string of the molecule is COc1ccc(-c2ccc(C(F)(F)F)cc2)c(C(F)(F)F)n1. The highest BCUT2D eigenvalue weighted by molar-refractivity contribution is 5.67. The molecule has 0 aliphatic heterocycles. The summed E-state index contributed by atoms with van der Waals surface area (Å²) in [6.45, 7) is 0. The molecular weight excluding hydrogens is 312 g/mol. The van der Waals surface area contributed by atoms with E-state index in [0.29, 0.717) is 0 Å². The first-order valence-corrected chi connectivity index (χ1v) is 5.93. The second-order valence-electron chi connectivity index (χ2n) is 4.32. The molecule has 0 unspecified atom stereocenters. The van der Waals surface area contributed by atoms with Crippen LogP contribution in [0.5, 0.6) is 5.88 Å². The summed E-state index contributed by atoms with van der Waals surface area (Å²) in [5, 5.41) is 0. The Hall–Kier alpha value is -2.25. The van der Waals surface area contributed by atoms with E-state index in [1.54, 1.807) is 0 Å². The van der Waals surface area contributed by atoms with Crippen LogP contribution in [0.2, 0.25) is 0 Å². The summed E-state index contributed by atoms with van der Waals surface area (Å²) in [4.78, 5) is 3.34. The molecule has 0 saturated heterocycles. The van der Waals surface area contributed by atoms with Gasteiger partial charge in [0.2, 0.25) is 5.88 Å². The van der Waals surface area contributed by atoms with Crippen LogP contribution in [-0.4, -0.2) is 12.1 Å². The lowest BCUT2D eigenvalue weighted by Crippen LogP contribution is -2.11. The maximum atomic E-state index is 13.0. The summed E-state index contributed by atoms with van der Waals surface area (Å²) in [6.07, 6.45) is -9.31. The van der Waals surface area contributed by atoms with E-state index in [2.05, 4.69) is 9.72 Å². The Kier molecular flexibility index (Phi) is 4.04. The van der Waals surface area contributed by atoms with E-state index in [1.807, 2.05) is 0 Å². The summed E-state index contributed by atoms with van der Waals surface area (Å²) in [5.74, 6) is -0.233. The average molecular weight is 321 g/mol. The molecule has 2 nitrogen and oxygen atoms in total. The van der Waals surface area contributed by atoms with E-state index in [9.17, 15) is 26.3 Å². The first kappa shape index (κ1) is 16.1. The Balaban J connectivity index is 2.53. The van der Waals surface area contributed by atoms with Gasteiger partial charge in [-0.2, -0.15) is 26.3 Å². The van der Waals surface area contributed by atoms with Gasteiger partial charge < -0.3 is 4.74 Å². The third-order valence-electron chi connectivity index (χ3n) is 2.87. The lowest BCUT2D eigenvalue weighted by atomic mass is 10.0. The third-order valence-corrected chi connectivity index (χ3v) is 2.87. The quantitative estimate of drug-likeness (QED) is 0.742. The zero-order chi connectivity index (χ0) is 16.5. The van der Waals surface area contributed by atoms with E-state index < -0.39 is 23.6 Å². The first-order chi connectivity index (χ1) is 10.1. The molecule has 0 amide bonds. The molecule has 118 valence electrons. The maximum absolute atomic E-state index is 13.0. The predicted octanol–water partition coefficient (Wildman–Crippen LogP) is 4.79. The molecule has 2 aromatic rings. The van der Waals surface area contributed by atoms with E-state index in [0.717, 1.165) is 30.3 Å². The molecule has 0 fully saturated rings. The number of nitrogens with zero attached hydrogens (tertiary/aromatic N) is 1. The summed E-state index contributed by atoms with van der Waals surface area (Å²) in [6, 6.07) is 5.71. The van der Waals surface area contributed by atoms with Crippen molar-refractivity contribution in [1.82, 2.24) is 4.98 Å². The van der Waals surface area contributed by atoms with Crippen LogP contribution in [0.1, 0.15) is 11.3 Å². The topological polar surface area (TPSA) is 22.1 Å². The summed E-state index contributed by atoms with van der Waals surface area (Å²) < 4.78 is 81.1. The van der Waals surface area contributed by atoms with Crippen LogP contribution in [-0.2, 0) is 12.4 Å². The largest absolute Gasteiger partial charge is 0.481 e. The Bertz CT molecular complexity index is 661. The molecular formula is C14H9F6NO. The van der Waals surface area contributed by atoms with Gasteiger partial charge in [0.05, 0.1) is 12.7 Å². The summed E-state index contributed by atoms with van der Waals surface area (Å²) in [7, 11) is 1.17. The van der Waals surface area contributed by atoms with E-state index in [1.165, 1.54) is 13.2 Å². The Labute approximate surface area is 121 Å². The zero-order valence-corrected chi connectivity index (χ0v) is 11.1. The molecule has 0 N–H and O–H groups in total. The number of rotatable bonds is 2. The molecule has 8 heteroatoms. The second kappa shape index (κ2) is 5.51. The molecule has 0 spiro atoms. The van der Waals surface area contributed by atoms with Crippen molar-refractivity contribution in [3.63, 3.8) is 0 Å². The number of methoxy groups -OCH3 is 1. The second-order valence-corrected chi connectivity index (χ2v) is 4.32. The van der Waals surface area contributed by atoms with Crippen molar-refractivity contribution in [1.29, 1.82) is 0 Å². The van der Waals surface area contributed by atoms with Gasteiger partial charge in [-0.1, -0.05) is 12.1 Å². The van der Waals surface area contributed by atoms with Gasteiger partial charge in [-0.15, -0.1) is 0 Å². The summed E-state index contributed by atoms with van der Waals surface area (Å²) in [5.41, 5.74) is -2.49. The highest BCUT2D eigenvalue weighted by Gasteiger charge is 2.36. The lowest BCUT2D eigenvalue weighted by molar-refractivity contribution is -0.141. The van der Waals surface area contributed by atoms with Gasteiger partial charge in [0.15, 0.2) is 5.69 Å². The fraction of sp³-hybridized carbons (Fsp3) is 0.214. The van der Waals surface area contributed by atoms with Gasteiger partial charge in [-0.05, 0) is 23.8 Å². The lowest BCUT2D eigenvalue weighted by Gasteiger charge is -2.14. The van der Waals surface area contributed by atoms with Crippen molar-refractivity contribution in [2.24, 2.45) is 0 Å². The molecule has 0 aliphatic rings. The van der Waals surface area contributed by atoms with Gasteiger partial charge in [0.25, 0.3) is 0 Å². The van der Waals surface area contributed by atoms with Crippen molar-refractivity contribution in [3.05, 3.63) is 47.7 Å². The normalized spacial score (nSPS) is 12.3. The Morgan fingerprint density at radius 2 is 1.41 bits per heavy atom. The highest BCUT2D eigenvalue weighted by Crippen LogP contribution is 2.38. The number of aromatic nitrogens is 1. The van der Waals surface area contributed by atoms with Crippen molar-refractivity contribution >= 4 is 0 Å². The Morgan fingerprint density at radius 1 is 0.818 bits per heavy atom. The Morgan fingerprint density at radius 3 is 1.86 bits per heavy atom. The molecule has 1 heterocycles. The van der Waals surface area contributed by atoms with Crippen LogP contribution in [0.25, 0.3) is 11.1 Å². The van der Waals surface area contributed by atoms with Gasteiger partial charge in [0.1, 0.15) is 0 Å². The molecule has 0 saturated carbocycles. The first-order valence-electron chi connectivity index (χ1n) is 5.93. The number of hydrogen-bond acceptors (Lipinski definition) is 2. The summed E-state index contributed by atoms with van der Waals surface area (Å²) >= 11 is 0. The zero-order valence-electron chi connectivity index (χ0n) is 11.1. The minimum absolute atomic E-state index is 0.0181. The molecule has 1 aromatic heterocycles. The van der Waals surface area contributed by atoms with Crippen molar-refractivity contribution in [3.8, 4) is 17.0 Å². The fourth-order valence-corrected chi connectivity index (χ4v) is 1.84. The van der Waals surface area contributed by atoms with Crippen LogP contribution in [0.4, 0.5) is 26.3 Å². The minimum Gasteiger partial charge on any atom is -0.481 e. The van der Waals surface area contributed by atoms with Gasteiger partial charge in [-0.3, -0.25) is 0 Å². The third kappa shape index (κ3) is 3.32. The average Bonchev–Trinajstić information content (AvgIpc) is 2.45. The fourth-order valence-electron chi connectivity index (χ4n) is 1.84. The van der Waals surface area contributed by atoms with Crippen LogP contribution in [0.3, 0.4) is 0 Å². The van der Waals surface area contributed by atoms with Crippen molar-refractivity contribution in [2.75, 3.05) is 7.11 Å². The smallest absolute Gasteiger partial charge is 0.434 e. The maximum Gasteiger partial charge on any atom is 0.434 e. The molecule has 0 radical (unpaired) electrons. The molecule has 22 heavy (non-hydrogen) atoms. The van der Waals surface area contributed by atoms with E-state index in [-0.39, 0.29) is 17.0 Å². The van der Waals surface area contributed by atoms with Crippen LogP contribution < -0.4 is 4.74 Å². The standard InChI is InChI=1S/C14H9F6NO/c1-22-11-7-6-10(12(21-11)14(18,19)20)8-2-4-9(5-3-8)13(15,16)17/h2-7H,1H3. The van der Waals surface area contributed by atoms with Gasteiger partial charge >= 0.3 is 12.4 Å². The van der Waals surface area contributed by atoms with Crippen molar-refractivity contribution < 1.29 is 31.1 Å². The number of ether oxygens (including phenoxy) is 1. The van der Waals surface area contributed by atoms with Crippen LogP contribution in [0.15, 0.2) is 36.4 Å². The minimum atomic E-state index is -4.76. The predicted molar refractivity (Wildman–Crippen MR) is 66.2 cm³/mol. The molecule has 1 aromatic carbocycles. The number of benzene rings is 1. The molecule has 0 atom stereocenters. The van der Waals surface area contributed by atoms with Gasteiger partial charge in [-0.25, -0.2) is 4.98 Å². The number of pyridine rings is 1. The number of hydrogen-bond donors (Lipinski definition) is 0. The number of halogens is 6. The highest BCUT2D eigenvalue weighted by atomic mass is 19.4. The van der Waals surface area contributed by atoms with Crippen LogP contribution in [0, 0.1) is 0 Å².